The van der Waals surface area contributed by atoms with Gasteiger partial charge in [-0.2, -0.15) is 0 Å². The molecule has 1 aromatic carbocycles. The molecule has 1 N–H and O–H groups in total. The van der Waals surface area contributed by atoms with E-state index < -0.39 is 24.1 Å². The zero-order valence-electron chi connectivity index (χ0n) is 10.5. The summed E-state index contributed by atoms with van der Waals surface area (Å²) in [7, 11) is -0.651. The third-order valence-corrected chi connectivity index (χ3v) is 3.43. The van der Waals surface area contributed by atoms with E-state index in [1.54, 1.807) is 0 Å². The molecular formula is C12H16BFO3. The van der Waals surface area contributed by atoms with Gasteiger partial charge < -0.3 is 14.4 Å². The molecule has 0 aromatic heterocycles. The van der Waals surface area contributed by atoms with Gasteiger partial charge in [-0.15, -0.1) is 0 Å². The van der Waals surface area contributed by atoms with Crippen molar-refractivity contribution < 1.29 is 18.8 Å². The van der Waals surface area contributed by atoms with Crippen molar-refractivity contribution in [3.05, 3.63) is 24.0 Å². The average Bonchev–Trinajstić information content (AvgIpc) is 2.34. The summed E-state index contributed by atoms with van der Waals surface area (Å²) < 4.78 is 24.7. The number of rotatable bonds is 1. The highest BCUT2D eigenvalue weighted by atomic mass is 19.1. The fourth-order valence-corrected chi connectivity index (χ4v) is 1.71. The van der Waals surface area contributed by atoms with Gasteiger partial charge in [-0.3, -0.25) is 0 Å². The van der Waals surface area contributed by atoms with Crippen molar-refractivity contribution >= 4 is 12.6 Å². The zero-order chi connectivity index (χ0) is 12.8. The lowest BCUT2D eigenvalue weighted by Gasteiger charge is -2.32. The number of halogens is 1. The SMILES string of the molecule is CC1(C)OB(c2cc(O)cc(F)c2)OC1(C)C. The monoisotopic (exact) mass is 238 g/mol. The number of phenolic OH excluding ortho intramolecular Hbond substituents is 1. The molecule has 17 heavy (non-hydrogen) atoms. The highest BCUT2D eigenvalue weighted by molar-refractivity contribution is 6.62. The molecule has 1 aromatic rings. The molecule has 0 unspecified atom stereocenters. The summed E-state index contributed by atoms with van der Waals surface area (Å²) in [4.78, 5) is 0. The van der Waals surface area contributed by atoms with E-state index in [9.17, 15) is 9.50 Å². The predicted molar refractivity (Wildman–Crippen MR) is 63.8 cm³/mol. The number of benzene rings is 1. The number of phenols is 1. The molecule has 0 aliphatic carbocycles. The van der Waals surface area contributed by atoms with Crippen LogP contribution >= 0.6 is 0 Å². The number of hydrogen-bond donors (Lipinski definition) is 1. The highest BCUT2D eigenvalue weighted by Crippen LogP contribution is 2.36. The van der Waals surface area contributed by atoms with Crippen molar-refractivity contribution in [1.82, 2.24) is 0 Å². The predicted octanol–water partition coefficient (Wildman–Crippen LogP) is 1.83. The molecule has 5 heteroatoms. The normalized spacial score (nSPS) is 21.8. The summed E-state index contributed by atoms with van der Waals surface area (Å²) >= 11 is 0. The van der Waals surface area contributed by atoms with Crippen LogP contribution in [0.5, 0.6) is 5.75 Å². The van der Waals surface area contributed by atoms with Crippen molar-refractivity contribution in [3.8, 4) is 5.75 Å². The highest BCUT2D eigenvalue weighted by Gasteiger charge is 2.51. The first kappa shape index (κ1) is 12.4. The van der Waals surface area contributed by atoms with Crippen LogP contribution in [0.3, 0.4) is 0 Å². The number of aromatic hydroxyl groups is 1. The Hall–Kier alpha value is -1.07. The molecule has 0 amide bonds. The van der Waals surface area contributed by atoms with Crippen LogP contribution in [0.15, 0.2) is 18.2 Å². The molecule has 0 bridgehead atoms. The Morgan fingerprint density at radius 1 is 1.06 bits per heavy atom. The molecule has 0 atom stereocenters. The van der Waals surface area contributed by atoms with Crippen molar-refractivity contribution in [2.45, 2.75) is 38.9 Å². The van der Waals surface area contributed by atoms with Crippen molar-refractivity contribution in [2.75, 3.05) is 0 Å². The standard InChI is InChI=1S/C12H16BFO3/c1-11(2)12(3,4)17-13(16-11)8-5-9(14)7-10(15)6-8/h5-7,15H,1-4H3. The quantitative estimate of drug-likeness (QED) is 0.758. The van der Waals surface area contributed by atoms with Gasteiger partial charge >= 0.3 is 7.12 Å². The molecule has 1 fully saturated rings. The molecule has 3 nitrogen and oxygen atoms in total. The van der Waals surface area contributed by atoms with Crippen LogP contribution in [-0.4, -0.2) is 23.4 Å². The van der Waals surface area contributed by atoms with Gasteiger partial charge in [0, 0.05) is 6.07 Å². The minimum absolute atomic E-state index is 0.130. The van der Waals surface area contributed by atoms with Crippen LogP contribution in [0.25, 0.3) is 0 Å². The molecule has 2 rings (SSSR count). The van der Waals surface area contributed by atoms with E-state index in [2.05, 4.69) is 0 Å². The zero-order valence-corrected chi connectivity index (χ0v) is 10.5. The minimum Gasteiger partial charge on any atom is -0.508 e. The second kappa shape index (κ2) is 3.72. The van der Waals surface area contributed by atoms with Crippen LogP contribution in [0.2, 0.25) is 0 Å². The van der Waals surface area contributed by atoms with Crippen molar-refractivity contribution in [3.63, 3.8) is 0 Å². The maximum Gasteiger partial charge on any atom is 0.495 e. The topological polar surface area (TPSA) is 38.7 Å². The van der Waals surface area contributed by atoms with Crippen molar-refractivity contribution in [2.24, 2.45) is 0 Å². The lowest BCUT2D eigenvalue weighted by molar-refractivity contribution is 0.00578. The maximum absolute atomic E-state index is 13.2. The van der Waals surface area contributed by atoms with E-state index in [-0.39, 0.29) is 5.75 Å². The third-order valence-electron chi connectivity index (χ3n) is 3.43. The van der Waals surface area contributed by atoms with Gasteiger partial charge in [0.05, 0.1) is 11.2 Å². The summed E-state index contributed by atoms with van der Waals surface area (Å²) in [6, 6.07) is 3.81. The van der Waals surface area contributed by atoms with Crippen LogP contribution in [0.4, 0.5) is 4.39 Å². The Kier molecular flexibility index (Phi) is 2.71. The summed E-state index contributed by atoms with van der Waals surface area (Å²) in [6.07, 6.45) is 0. The summed E-state index contributed by atoms with van der Waals surface area (Å²) in [5, 5.41) is 9.36. The van der Waals surface area contributed by atoms with Crippen LogP contribution in [0.1, 0.15) is 27.7 Å². The van der Waals surface area contributed by atoms with Gasteiger partial charge in [-0.25, -0.2) is 4.39 Å². The first-order valence-corrected chi connectivity index (χ1v) is 5.56. The first-order valence-electron chi connectivity index (χ1n) is 5.56. The van der Waals surface area contributed by atoms with E-state index in [4.69, 9.17) is 9.31 Å². The average molecular weight is 238 g/mol. The Morgan fingerprint density at radius 3 is 2.06 bits per heavy atom. The van der Waals surface area contributed by atoms with Gasteiger partial charge in [0.15, 0.2) is 0 Å². The fraction of sp³-hybridized carbons (Fsp3) is 0.500. The smallest absolute Gasteiger partial charge is 0.495 e. The second-order valence-corrected chi connectivity index (χ2v) is 5.33. The minimum atomic E-state index is -0.651. The van der Waals surface area contributed by atoms with Crippen molar-refractivity contribution in [1.29, 1.82) is 0 Å². The van der Waals surface area contributed by atoms with Gasteiger partial charge in [0.25, 0.3) is 0 Å². The molecule has 0 saturated carbocycles. The molecule has 1 aliphatic heterocycles. The Morgan fingerprint density at radius 2 is 1.59 bits per heavy atom. The molecule has 1 aliphatic rings. The maximum atomic E-state index is 13.2. The van der Waals surface area contributed by atoms with Crippen LogP contribution < -0.4 is 5.46 Å². The molecule has 1 heterocycles. The Bertz CT molecular complexity index is 409. The van der Waals surface area contributed by atoms with Gasteiger partial charge in [-0.1, -0.05) is 0 Å². The van der Waals surface area contributed by atoms with Gasteiger partial charge in [0.2, 0.25) is 0 Å². The molecular weight excluding hydrogens is 222 g/mol. The number of hydrogen-bond acceptors (Lipinski definition) is 3. The molecule has 0 spiro atoms. The van der Waals surface area contributed by atoms with E-state index in [0.717, 1.165) is 6.07 Å². The van der Waals surface area contributed by atoms with E-state index >= 15 is 0 Å². The second-order valence-electron chi connectivity index (χ2n) is 5.33. The lowest BCUT2D eigenvalue weighted by Crippen LogP contribution is -2.41. The van der Waals surface area contributed by atoms with Crippen LogP contribution in [0, 0.1) is 5.82 Å². The Balaban J connectivity index is 2.32. The van der Waals surface area contributed by atoms with E-state index in [1.165, 1.54) is 12.1 Å². The summed E-state index contributed by atoms with van der Waals surface area (Å²) in [5.41, 5.74) is -0.458. The third kappa shape index (κ3) is 2.17. The van der Waals surface area contributed by atoms with E-state index in [1.807, 2.05) is 27.7 Å². The van der Waals surface area contributed by atoms with Gasteiger partial charge in [-0.05, 0) is 45.3 Å². The summed E-state index contributed by atoms with van der Waals surface area (Å²) in [5.74, 6) is -0.635. The lowest BCUT2D eigenvalue weighted by atomic mass is 9.79. The first-order chi connectivity index (χ1) is 7.71. The molecule has 0 radical (unpaired) electrons. The summed E-state index contributed by atoms with van der Waals surface area (Å²) in [6.45, 7) is 7.69. The fourth-order valence-electron chi connectivity index (χ4n) is 1.71. The Labute approximate surface area is 101 Å². The molecule has 1 saturated heterocycles. The molecule has 92 valence electrons. The van der Waals surface area contributed by atoms with Gasteiger partial charge in [0.1, 0.15) is 11.6 Å². The van der Waals surface area contributed by atoms with Crippen LogP contribution in [-0.2, 0) is 9.31 Å². The largest absolute Gasteiger partial charge is 0.508 e. The van der Waals surface area contributed by atoms with E-state index in [0.29, 0.717) is 5.46 Å².